The lowest BCUT2D eigenvalue weighted by Crippen LogP contribution is -2.37. The molecular formula is C21H31N3O2. The molecule has 1 amide bonds. The van der Waals surface area contributed by atoms with E-state index in [9.17, 15) is 4.79 Å². The number of fused-ring (bicyclic) bond motifs is 1. The molecule has 0 saturated carbocycles. The van der Waals surface area contributed by atoms with Gasteiger partial charge in [0, 0.05) is 44.1 Å². The summed E-state index contributed by atoms with van der Waals surface area (Å²) < 4.78 is 7.77. The van der Waals surface area contributed by atoms with E-state index in [0.717, 1.165) is 44.5 Å². The molecule has 1 aromatic rings. The lowest BCUT2D eigenvalue weighted by molar-refractivity contribution is 0.0256. The third-order valence-corrected chi connectivity index (χ3v) is 5.17. The normalized spacial score (nSPS) is 20.8. The van der Waals surface area contributed by atoms with Gasteiger partial charge in [-0.15, -0.1) is 0 Å². The Labute approximate surface area is 156 Å². The monoisotopic (exact) mass is 357 g/mol. The van der Waals surface area contributed by atoms with Gasteiger partial charge in [-0.1, -0.05) is 12.2 Å². The number of rotatable bonds is 1. The highest BCUT2D eigenvalue weighted by atomic mass is 16.6. The van der Waals surface area contributed by atoms with Crippen LogP contribution in [0.2, 0.25) is 0 Å². The summed E-state index contributed by atoms with van der Waals surface area (Å²) in [5.41, 5.74) is 10.4. The van der Waals surface area contributed by atoms with Crippen LogP contribution in [-0.2, 0) is 18.2 Å². The molecule has 0 aromatic carbocycles. The van der Waals surface area contributed by atoms with Gasteiger partial charge in [0.05, 0.1) is 0 Å². The van der Waals surface area contributed by atoms with Crippen molar-refractivity contribution in [2.45, 2.75) is 58.0 Å². The van der Waals surface area contributed by atoms with E-state index in [0.29, 0.717) is 5.92 Å². The lowest BCUT2D eigenvalue weighted by atomic mass is 9.90. The topological polar surface area (TPSA) is 60.5 Å². The fraction of sp³-hybridized carbons (Fsp3) is 0.571. The van der Waals surface area contributed by atoms with Crippen LogP contribution in [0.1, 0.15) is 62.8 Å². The predicted octanol–water partition coefficient (Wildman–Crippen LogP) is 3.94. The van der Waals surface area contributed by atoms with Gasteiger partial charge in [-0.05, 0) is 63.2 Å². The average Bonchev–Trinajstić information content (AvgIpc) is 2.75. The summed E-state index contributed by atoms with van der Waals surface area (Å²) in [6.45, 7) is 7.25. The summed E-state index contributed by atoms with van der Waals surface area (Å²) in [5, 5.41) is 0. The van der Waals surface area contributed by atoms with Gasteiger partial charge in [-0.25, -0.2) is 4.79 Å². The zero-order chi connectivity index (χ0) is 18.9. The molecule has 26 heavy (non-hydrogen) atoms. The zero-order valence-corrected chi connectivity index (χ0v) is 16.4. The van der Waals surface area contributed by atoms with Crippen molar-refractivity contribution in [3.05, 3.63) is 40.9 Å². The van der Waals surface area contributed by atoms with Crippen molar-refractivity contribution in [3.63, 3.8) is 0 Å². The first-order chi connectivity index (χ1) is 12.2. The van der Waals surface area contributed by atoms with Crippen LogP contribution in [0.3, 0.4) is 0 Å². The second-order valence-electron chi connectivity index (χ2n) is 8.39. The molecule has 1 fully saturated rings. The highest BCUT2D eigenvalue weighted by molar-refractivity contribution is 5.68. The Morgan fingerprint density at radius 3 is 2.73 bits per heavy atom. The molecule has 1 aromatic heterocycles. The number of aryl methyl sites for hydroxylation is 1. The molecule has 2 N–H and O–H groups in total. The van der Waals surface area contributed by atoms with Crippen molar-refractivity contribution in [2.75, 3.05) is 13.1 Å². The van der Waals surface area contributed by atoms with Gasteiger partial charge in [0.1, 0.15) is 5.60 Å². The maximum atomic E-state index is 12.4. The molecule has 0 spiro atoms. The molecule has 5 heteroatoms. The summed E-state index contributed by atoms with van der Waals surface area (Å²) in [7, 11) is 2.11. The second kappa shape index (κ2) is 7.22. The Bertz CT molecular complexity index is 737. The second-order valence-corrected chi connectivity index (χ2v) is 8.39. The van der Waals surface area contributed by atoms with E-state index < -0.39 is 5.60 Å². The van der Waals surface area contributed by atoms with Crippen molar-refractivity contribution in [2.24, 2.45) is 12.8 Å². The molecule has 0 radical (unpaired) electrons. The first-order valence-electron chi connectivity index (χ1n) is 9.54. The van der Waals surface area contributed by atoms with Crippen molar-refractivity contribution < 1.29 is 9.53 Å². The third kappa shape index (κ3) is 4.14. The largest absolute Gasteiger partial charge is 0.444 e. The Morgan fingerprint density at radius 2 is 2.00 bits per heavy atom. The van der Waals surface area contributed by atoms with Gasteiger partial charge >= 0.3 is 6.09 Å². The van der Waals surface area contributed by atoms with Gasteiger partial charge in [0.2, 0.25) is 0 Å². The van der Waals surface area contributed by atoms with Crippen LogP contribution >= 0.6 is 0 Å². The molecule has 1 unspecified atom stereocenters. The highest BCUT2D eigenvalue weighted by Crippen LogP contribution is 2.35. The number of amides is 1. The van der Waals surface area contributed by atoms with Crippen LogP contribution in [0.4, 0.5) is 4.79 Å². The van der Waals surface area contributed by atoms with Crippen LogP contribution < -0.4 is 5.73 Å². The van der Waals surface area contributed by atoms with Crippen LogP contribution in [-0.4, -0.2) is 34.3 Å². The molecule has 1 aliphatic heterocycles. The highest BCUT2D eigenvalue weighted by Gasteiger charge is 2.27. The molecule has 142 valence electrons. The van der Waals surface area contributed by atoms with Crippen molar-refractivity contribution in [1.29, 1.82) is 0 Å². The number of hydrogen-bond donors (Lipinski definition) is 1. The number of aromatic nitrogens is 1. The van der Waals surface area contributed by atoms with Crippen molar-refractivity contribution in [1.82, 2.24) is 9.47 Å². The van der Waals surface area contributed by atoms with E-state index >= 15 is 0 Å². The molecule has 2 heterocycles. The quantitative estimate of drug-likeness (QED) is 0.828. The number of carbonyl (C=O) groups excluding carboxylic acids is 1. The summed E-state index contributed by atoms with van der Waals surface area (Å²) in [4.78, 5) is 14.3. The van der Waals surface area contributed by atoms with E-state index in [1.807, 2.05) is 31.7 Å². The molecule has 3 rings (SSSR count). The van der Waals surface area contributed by atoms with Gasteiger partial charge < -0.3 is 19.9 Å². The maximum absolute atomic E-state index is 12.4. The third-order valence-electron chi connectivity index (χ3n) is 5.17. The van der Waals surface area contributed by atoms with Crippen LogP contribution in [0.25, 0.3) is 6.08 Å². The van der Waals surface area contributed by atoms with Gasteiger partial charge in [0.15, 0.2) is 0 Å². The minimum absolute atomic E-state index is 0.193. The molecule has 1 aliphatic carbocycles. The Morgan fingerprint density at radius 1 is 1.23 bits per heavy atom. The van der Waals surface area contributed by atoms with Crippen LogP contribution in [0.5, 0.6) is 0 Å². The van der Waals surface area contributed by atoms with E-state index in [1.165, 1.54) is 16.8 Å². The Kier molecular flexibility index (Phi) is 5.17. The predicted molar refractivity (Wildman–Crippen MR) is 105 cm³/mol. The summed E-state index contributed by atoms with van der Waals surface area (Å²) in [6, 6.07) is 0. The minimum Gasteiger partial charge on any atom is -0.444 e. The molecule has 2 aliphatic rings. The van der Waals surface area contributed by atoms with Crippen LogP contribution in [0, 0.1) is 0 Å². The van der Waals surface area contributed by atoms with Gasteiger partial charge in [-0.3, -0.25) is 0 Å². The van der Waals surface area contributed by atoms with E-state index in [1.54, 1.807) is 0 Å². The zero-order valence-electron chi connectivity index (χ0n) is 16.4. The lowest BCUT2D eigenvalue weighted by Gasteiger charge is -2.26. The number of hydrogen-bond acceptors (Lipinski definition) is 3. The molecule has 5 nitrogen and oxygen atoms in total. The van der Waals surface area contributed by atoms with Gasteiger partial charge in [0.25, 0.3) is 0 Å². The fourth-order valence-electron chi connectivity index (χ4n) is 3.86. The summed E-state index contributed by atoms with van der Waals surface area (Å²) in [5.74, 6) is 0.460. The molecule has 0 bridgehead atoms. The standard InChI is InChI=1S/C21H31N3O2/c1-21(2,3)26-20(25)24-12-5-6-15(11-13-24)18-14-23(4)19-10-8-16(22)7-9-17(18)19/h7-9,14-15H,5-6,10-13,22H2,1-4H3. The SMILES string of the molecule is Cn1cc(C2CCCN(C(=O)OC(C)(C)C)CC2)c2c1CC=C(N)C=C2. The fourth-order valence-corrected chi connectivity index (χ4v) is 3.86. The van der Waals surface area contributed by atoms with Crippen molar-refractivity contribution in [3.8, 4) is 0 Å². The van der Waals surface area contributed by atoms with Crippen molar-refractivity contribution >= 4 is 12.2 Å². The Hall–Kier alpha value is -2.17. The number of likely N-dealkylation sites (tertiary alicyclic amines) is 1. The van der Waals surface area contributed by atoms with Crippen LogP contribution in [0.15, 0.2) is 24.0 Å². The molecule has 1 atom stereocenters. The first-order valence-corrected chi connectivity index (χ1v) is 9.54. The van der Waals surface area contributed by atoms with E-state index in [4.69, 9.17) is 10.5 Å². The molecular weight excluding hydrogens is 326 g/mol. The number of ether oxygens (including phenoxy) is 1. The minimum atomic E-state index is -0.447. The smallest absolute Gasteiger partial charge is 0.410 e. The van der Waals surface area contributed by atoms with E-state index in [2.05, 4.69) is 30.0 Å². The number of carbonyl (C=O) groups is 1. The first kappa shape index (κ1) is 18.6. The molecule has 1 saturated heterocycles. The number of nitrogens with zero attached hydrogens (tertiary/aromatic N) is 2. The average molecular weight is 357 g/mol. The summed E-state index contributed by atoms with van der Waals surface area (Å²) >= 11 is 0. The maximum Gasteiger partial charge on any atom is 0.410 e. The van der Waals surface area contributed by atoms with Gasteiger partial charge in [-0.2, -0.15) is 0 Å². The van der Waals surface area contributed by atoms with E-state index in [-0.39, 0.29) is 6.09 Å². The number of nitrogens with two attached hydrogens (primary N) is 1. The Balaban J connectivity index is 1.75. The number of allylic oxidation sites excluding steroid dienone is 2. The summed E-state index contributed by atoms with van der Waals surface area (Å²) in [6.07, 6.45) is 12.2.